The molecular weight excluding hydrogens is 472 g/mol. The first kappa shape index (κ1) is 26.2. The Kier molecular flexibility index (Phi) is 7.83. The molecule has 0 fully saturated rings. The van der Waals surface area contributed by atoms with Crippen LogP contribution in [0, 0.1) is 0 Å². The molecule has 0 radical (unpaired) electrons. The van der Waals surface area contributed by atoms with Crippen molar-refractivity contribution in [1.29, 1.82) is 0 Å². The summed E-state index contributed by atoms with van der Waals surface area (Å²) in [5.41, 5.74) is 2.44. The number of H-pyrrole nitrogens is 1. The number of aromatic nitrogens is 3. The van der Waals surface area contributed by atoms with Crippen molar-refractivity contribution >= 4 is 28.0 Å². The average Bonchev–Trinajstić information content (AvgIpc) is 3.25. The largest absolute Gasteiger partial charge is 0.496 e. The maximum Gasteiger partial charge on any atom is 0.408 e. The Morgan fingerprint density at radius 3 is 2.68 bits per heavy atom. The number of imidazole rings is 1. The lowest BCUT2D eigenvalue weighted by Crippen LogP contribution is -2.35. The first-order valence-electron chi connectivity index (χ1n) is 12.4. The van der Waals surface area contributed by atoms with E-state index < -0.39 is 11.7 Å². The van der Waals surface area contributed by atoms with Crippen LogP contribution in [0.15, 0.2) is 53.3 Å². The summed E-state index contributed by atoms with van der Waals surface area (Å²) in [5, 5.41) is 13.0. The molecule has 0 aliphatic rings. The summed E-state index contributed by atoms with van der Waals surface area (Å²) < 4.78 is 12.5. The van der Waals surface area contributed by atoms with Crippen molar-refractivity contribution in [2.45, 2.75) is 58.2 Å². The van der Waals surface area contributed by atoms with E-state index in [1.165, 1.54) is 6.07 Å². The van der Waals surface area contributed by atoms with Gasteiger partial charge in [-0.3, -0.25) is 4.79 Å². The van der Waals surface area contributed by atoms with Gasteiger partial charge in [0, 0.05) is 18.1 Å². The molecular formula is C28H34N4O5. The summed E-state index contributed by atoms with van der Waals surface area (Å²) in [6, 6.07) is 14.6. The molecule has 196 valence electrons. The van der Waals surface area contributed by atoms with Crippen LogP contribution in [0.5, 0.6) is 5.75 Å². The van der Waals surface area contributed by atoms with Crippen molar-refractivity contribution < 1.29 is 19.4 Å². The monoisotopic (exact) mass is 506 g/mol. The fourth-order valence-electron chi connectivity index (χ4n) is 4.39. The van der Waals surface area contributed by atoms with E-state index in [0.717, 1.165) is 33.9 Å². The Hall–Kier alpha value is -3.85. The molecule has 37 heavy (non-hydrogen) atoms. The summed E-state index contributed by atoms with van der Waals surface area (Å²) in [6.07, 6.45) is 1.56. The lowest BCUT2D eigenvalue weighted by molar-refractivity contribution is 0.0500. The van der Waals surface area contributed by atoms with Gasteiger partial charge in [0.2, 0.25) is 0 Å². The van der Waals surface area contributed by atoms with Crippen LogP contribution in [0.3, 0.4) is 0 Å². The summed E-state index contributed by atoms with van der Waals surface area (Å²) in [6.45, 7) is 5.83. The van der Waals surface area contributed by atoms with Crippen LogP contribution in [0.2, 0.25) is 0 Å². The number of benzene rings is 2. The molecule has 0 aliphatic carbocycles. The van der Waals surface area contributed by atoms with E-state index in [0.29, 0.717) is 24.4 Å². The zero-order chi connectivity index (χ0) is 26.6. The average molecular weight is 507 g/mol. The van der Waals surface area contributed by atoms with Gasteiger partial charge in [-0.25, -0.2) is 9.78 Å². The number of para-hydroxylation sites is 1. The number of rotatable bonds is 9. The molecule has 2 aromatic heterocycles. The second-order valence-electron chi connectivity index (χ2n) is 10.0. The summed E-state index contributed by atoms with van der Waals surface area (Å²) in [5.74, 6) is 1.18. The Morgan fingerprint density at radius 2 is 1.95 bits per heavy atom. The number of unbranched alkanes of at least 4 members (excludes halogenated alkanes) is 1. The van der Waals surface area contributed by atoms with Crippen LogP contribution in [0.25, 0.3) is 21.9 Å². The molecule has 2 aromatic carbocycles. The van der Waals surface area contributed by atoms with Gasteiger partial charge in [-0.2, -0.15) is 0 Å². The number of methoxy groups -OCH3 is 1. The number of amides is 1. The quantitative estimate of drug-likeness (QED) is 0.284. The number of carbonyl (C=O) groups is 1. The van der Waals surface area contributed by atoms with Gasteiger partial charge in [-0.15, -0.1) is 0 Å². The molecule has 3 N–H and O–H groups in total. The van der Waals surface area contributed by atoms with Crippen molar-refractivity contribution in [2.24, 2.45) is 0 Å². The lowest BCUT2D eigenvalue weighted by atomic mass is 10.0. The highest BCUT2D eigenvalue weighted by Crippen LogP contribution is 2.26. The van der Waals surface area contributed by atoms with Gasteiger partial charge in [0.1, 0.15) is 17.2 Å². The minimum atomic E-state index is -0.605. The van der Waals surface area contributed by atoms with E-state index in [-0.39, 0.29) is 24.8 Å². The molecule has 0 aliphatic heterocycles. The van der Waals surface area contributed by atoms with Crippen molar-refractivity contribution in [1.82, 2.24) is 19.9 Å². The van der Waals surface area contributed by atoms with Crippen LogP contribution in [0.1, 0.15) is 57.5 Å². The molecule has 4 rings (SSSR count). The van der Waals surface area contributed by atoms with E-state index in [1.807, 2.05) is 63.2 Å². The molecule has 9 nitrogen and oxygen atoms in total. The number of hydrogen-bond donors (Lipinski definition) is 3. The highest BCUT2D eigenvalue weighted by Gasteiger charge is 2.21. The van der Waals surface area contributed by atoms with Crippen molar-refractivity contribution in [2.75, 3.05) is 13.7 Å². The van der Waals surface area contributed by atoms with E-state index in [1.54, 1.807) is 11.7 Å². The van der Waals surface area contributed by atoms with Crippen LogP contribution in [0.4, 0.5) is 4.79 Å². The fraction of sp³-hybridized carbons (Fsp3) is 0.393. The molecule has 9 heteroatoms. The van der Waals surface area contributed by atoms with Crippen LogP contribution < -0.4 is 15.6 Å². The van der Waals surface area contributed by atoms with E-state index >= 15 is 0 Å². The highest BCUT2D eigenvalue weighted by molar-refractivity contribution is 5.85. The first-order valence-corrected chi connectivity index (χ1v) is 12.4. The predicted octanol–water partition coefficient (Wildman–Crippen LogP) is 4.66. The number of pyridine rings is 1. The summed E-state index contributed by atoms with van der Waals surface area (Å²) in [7, 11) is 1.55. The SMILES string of the molecule is COc1cc(=O)n(Cc2nc3ccc(C(CCCCO)NC(=O)OC(C)(C)C)cc3[nH]2)c2ccccc12. The van der Waals surface area contributed by atoms with E-state index in [9.17, 15) is 14.7 Å². The Morgan fingerprint density at radius 1 is 1.16 bits per heavy atom. The number of carbonyl (C=O) groups excluding carboxylic acids is 1. The highest BCUT2D eigenvalue weighted by atomic mass is 16.6. The standard InChI is InChI=1S/C28H34N4O5/c1-28(2,3)37-27(35)31-20(10-7-8-14-33)18-12-13-21-22(15-18)30-25(29-21)17-32-23-11-6-5-9-19(23)24(36-4)16-26(32)34/h5-6,9,11-13,15-16,20,33H,7-8,10,14,17H2,1-4H3,(H,29,30)(H,31,35). The number of nitrogens with zero attached hydrogens (tertiary/aromatic N) is 2. The zero-order valence-corrected chi connectivity index (χ0v) is 21.7. The minimum absolute atomic E-state index is 0.0987. The fourth-order valence-corrected chi connectivity index (χ4v) is 4.39. The van der Waals surface area contributed by atoms with Gasteiger partial charge in [-0.05, 0) is 69.9 Å². The molecule has 1 atom stereocenters. The third-order valence-corrected chi connectivity index (χ3v) is 6.06. The first-order chi connectivity index (χ1) is 17.7. The summed E-state index contributed by atoms with van der Waals surface area (Å²) in [4.78, 5) is 33.4. The van der Waals surface area contributed by atoms with Gasteiger partial charge in [0.25, 0.3) is 5.56 Å². The third kappa shape index (κ3) is 6.29. The second kappa shape index (κ2) is 11.0. The second-order valence-corrected chi connectivity index (χ2v) is 10.0. The Balaban J connectivity index is 1.63. The molecule has 0 spiro atoms. The van der Waals surface area contributed by atoms with E-state index in [4.69, 9.17) is 14.5 Å². The van der Waals surface area contributed by atoms with Gasteiger partial charge in [0.05, 0.1) is 36.2 Å². The van der Waals surface area contributed by atoms with Gasteiger partial charge in [0.15, 0.2) is 0 Å². The number of aliphatic hydroxyl groups is 1. The molecule has 4 aromatic rings. The molecule has 1 amide bonds. The van der Waals surface area contributed by atoms with Crippen molar-refractivity contribution in [3.05, 3.63) is 70.3 Å². The maximum absolute atomic E-state index is 12.9. The van der Waals surface area contributed by atoms with Crippen LogP contribution in [-0.4, -0.2) is 45.1 Å². The molecule has 0 saturated heterocycles. The Bertz CT molecular complexity index is 1450. The van der Waals surface area contributed by atoms with Crippen LogP contribution >= 0.6 is 0 Å². The molecule has 0 bridgehead atoms. The van der Waals surface area contributed by atoms with Gasteiger partial charge < -0.3 is 29.4 Å². The number of fused-ring (bicyclic) bond motifs is 2. The Labute approximate surface area is 215 Å². The third-order valence-electron chi connectivity index (χ3n) is 6.06. The normalized spacial score (nSPS) is 12.6. The zero-order valence-electron chi connectivity index (χ0n) is 21.7. The smallest absolute Gasteiger partial charge is 0.408 e. The molecule has 1 unspecified atom stereocenters. The predicted molar refractivity (Wildman–Crippen MR) is 143 cm³/mol. The van der Waals surface area contributed by atoms with E-state index in [2.05, 4.69) is 10.3 Å². The van der Waals surface area contributed by atoms with Crippen LogP contribution in [-0.2, 0) is 11.3 Å². The topological polar surface area (TPSA) is 118 Å². The number of hydrogen-bond acceptors (Lipinski definition) is 6. The van der Waals surface area contributed by atoms with Crippen molar-refractivity contribution in [3.8, 4) is 5.75 Å². The number of aliphatic hydroxyl groups excluding tert-OH is 1. The minimum Gasteiger partial charge on any atom is -0.496 e. The van der Waals surface area contributed by atoms with Gasteiger partial charge >= 0.3 is 6.09 Å². The summed E-state index contributed by atoms with van der Waals surface area (Å²) >= 11 is 0. The van der Waals surface area contributed by atoms with Gasteiger partial charge in [-0.1, -0.05) is 18.2 Å². The lowest BCUT2D eigenvalue weighted by Gasteiger charge is -2.24. The number of aromatic amines is 1. The maximum atomic E-state index is 12.9. The van der Waals surface area contributed by atoms with Crippen molar-refractivity contribution in [3.63, 3.8) is 0 Å². The number of ether oxygens (including phenoxy) is 2. The number of alkyl carbamates (subject to hydrolysis) is 1. The number of nitrogens with one attached hydrogen (secondary N) is 2. The molecule has 0 saturated carbocycles. The molecule has 2 heterocycles.